The quantitative estimate of drug-likeness (QED) is 0.898. The van der Waals surface area contributed by atoms with Crippen LogP contribution in [0.4, 0.5) is 5.82 Å². The first kappa shape index (κ1) is 16.0. The number of amides is 1. The predicted octanol–water partition coefficient (Wildman–Crippen LogP) is 1.54. The maximum atomic E-state index is 11.9. The Bertz CT molecular complexity index is 876. The van der Waals surface area contributed by atoms with Gasteiger partial charge in [0.25, 0.3) is 5.91 Å². The van der Waals surface area contributed by atoms with Gasteiger partial charge in [-0.15, -0.1) is 0 Å². The Hall–Kier alpha value is -1.90. The van der Waals surface area contributed by atoms with Crippen molar-refractivity contribution in [2.75, 3.05) is 19.0 Å². The number of ether oxygens (including phenoxy) is 1. The van der Waals surface area contributed by atoms with Crippen molar-refractivity contribution in [3.05, 3.63) is 40.5 Å². The van der Waals surface area contributed by atoms with Gasteiger partial charge in [-0.05, 0) is 18.2 Å². The number of hydrogen-bond acceptors (Lipinski definition) is 5. The SMILES string of the molecule is COCC(=O)Nc1c2c(nn1-c1cccc(Cl)c1)CS(=O)(=O)C2. The summed E-state index contributed by atoms with van der Waals surface area (Å²) in [7, 11) is -1.82. The summed E-state index contributed by atoms with van der Waals surface area (Å²) in [4.78, 5) is 11.9. The molecule has 1 amide bonds. The van der Waals surface area contributed by atoms with Crippen molar-refractivity contribution in [3.8, 4) is 5.69 Å². The minimum Gasteiger partial charge on any atom is -0.375 e. The van der Waals surface area contributed by atoms with Gasteiger partial charge in [-0.2, -0.15) is 5.10 Å². The van der Waals surface area contributed by atoms with Crippen LogP contribution in [-0.2, 0) is 30.9 Å². The van der Waals surface area contributed by atoms with Crippen LogP contribution in [0.3, 0.4) is 0 Å². The molecule has 2 heterocycles. The molecule has 1 aliphatic rings. The lowest BCUT2D eigenvalue weighted by Gasteiger charge is -2.11. The van der Waals surface area contributed by atoms with Crippen molar-refractivity contribution >= 4 is 33.2 Å². The highest BCUT2D eigenvalue weighted by atomic mass is 35.5. The van der Waals surface area contributed by atoms with E-state index in [-0.39, 0.29) is 24.0 Å². The number of carbonyl (C=O) groups excluding carboxylic acids is 1. The molecule has 0 atom stereocenters. The molecular weight excluding hydrogens is 342 g/mol. The summed E-state index contributed by atoms with van der Waals surface area (Å²) in [6, 6.07) is 6.93. The van der Waals surface area contributed by atoms with E-state index in [0.29, 0.717) is 27.8 Å². The summed E-state index contributed by atoms with van der Waals surface area (Å²) < 4.78 is 29.9. The highest BCUT2D eigenvalue weighted by Crippen LogP contribution is 2.33. The van der Waals surface area contributed by atoms with E-state index in [0.717, 1.165) is 0 Å². The van der Waals surface area contributed by atoms with Crippen molar-refractivity contribution in [2.45, 2.75) is 11.5 Å². The molecule has 1 aromatic heterocycles. The van der Waals surface area contributed by atoms with Crippen molar-refractivity contribution < 1.29 is 17.9 Å². The topological polar surface area (TPSA) is 90.3 Å². The van der Waals surface area contributed by atoms with Crippen molar-refractivity contribution in [3.63, 3.8) is 0 Å². The molecule has 1 aliphatic heterocycles. The van der Waals surface area contributed by atoms with Gasteiger partial charge in [-0.1, -0.05) is 17.7 Å². The third kappa shape index (κ3) is 3.24. The number of halogens is 1. The molecule has 0 saturated heterocycles. The van der Waals surface area contributed by atoms with Crippen LogP contribution in [0.25, 0.3) is 5.69 Å². The lowest BCUT2D eigenvalue weighted by Crippen LogP contribution is -2.20. The van der Waals surface area contributed by atoms with Gasteiger partial charge < -0.3 is 10.1 Å². The fourth-order valence-electron chi connectivity index (χ4n) is 2.46. The van der Waals surface area contributed by atoms with Crippen LogP contribution in [0.1, 0.15) is 11.3 Å². The van der Waals surface area contributed by atoms with Crippen LogP contribution >= 0.6 is 11.6 Å². The van der Waals surface area contributed by atoms with E-state index in [4.69, 9.17) is 16.3 Å². The van der Waals surface area contributed by atoms with Gasteiger partial charge in [-0.25, -0.2) is 13.1 Å². The Kier molecular flexibility index (Phi) is 4.13. The van der Waals surface area contributed by atoms with Gasteiger partial charge in [0.05, 0.1) is 22.9 Å². The predicted molar refractivity (Wildman–Crippen MR) is 85.4 cm³/mol. The van der Waals surface area contributed by atoms with Crippen molar-refractivity contribution in [1.82, 2.24) is 9.78 Å². The van der Waals surface area contributed by atoms with E-state index in [1.807, 2.05) is 0 Å². The zero-order chi connectivity index (χ0) is 16.6. The third-order valence-corrected chi connectivity index (χ3v) is 5.05. The molecule has 23 heavy (non-hydrogen) atoms. The number of fused-ring (bicyclic) bond motifs is 1. The Morgan fingerprint density at radius 2 is 2.22 bits per heavy atom. The number of rotatable bonds is 4. The molecule has 0 saturated carbocycles. The van der Waals surface area contributed by atoms with E-state index in [9.17, 15) is 13.2 Å². The van der Waals surface area contributed by atoms with Gasteiger partial charge in [-0.3, -0.25) is 4.79 Å². The van der Waals surface area contributed by atoms with Crippen molar-refractivity contribution in [2.24, 2.45) is 0 Å². The molecule has 9 heteroatoms. The van der Waals surface area contributed by atoms with E-state index in [1.54, 1.807) is 24.3 Å². The number of benzene rings is 1. The molecule has 0 radical (unpaired) electrons. The Labute approximate surface area is 138 Å². The van der Waals surface area contributed by atoms with E-state index < -0.39 is 9.84 Å². The minimum absolute atomic E-state index is 0.136. The lowest BCUT2D eigenvalue weighted by molar-refractivity contribution is -0.119. The van der Waals surface area contributed by atoms with Gasteiger partial charge in [0.2, 0.25) is 0 Å². The van der Waals surface area contributed by atoms with E-state index in [2.05, 4.69) is 10.4 Å². The smallest absolute Gasteiger partial charge is 0.251 e. The molecule has 1 N–H and O–H groups in total. The third-order valence-electron chi connectivity index (χ3n) is 3.37. The number of hydrogen-bond donors (Lipinski definition) is 1. The largest absolute Gasteiger partial charge is 0.375 e. The highest BCUT2D eigenvalue weighted by molar-refractivity contribution is 7.90. The molecule has 0 unspecified atom stereocenters. The van der Waals surface area contributed by atoms with Gasteiger partial charge in [0.1, 0.15) is 12.4 Å². The van der Waals surface area contributed by atoms with Gasteiger partial charge in [0.15, 0.2) is 9.84 Å². The second-order valence-corrected chi connectivity index (χ2v) is 7.68. The molecule has 0 bridgehead atoms. The maximum absolute atomic E-state index is 11.9. The second kappa shape index (κ2) is 5.95. The summed E-state index contributed by atoms with van der Waals surface area (Å²) >= 11 is 6.00. The average Bonchev–Trinajstić information content (AvgIpc) is 2.92. The van der Waals surface area contributed by atoms with E-state index >= 15 is 0 Å². The zero-order valence-corrected chi connectivity index (χ0v) is 13.8. The molecule has 0 spiro atoms. The Morgan fingerprint density at radius 1 is 1.43 bits per heavy atom. The Balaban J connectivity index is 2.08. The number of anilines is 1. The summed E-state index contributed by atoms with van der Waals surface area (Å²) in [6.07, 6.45) is 0. The van der Waals surface area contributed by atoms with E-state index in [1.165, 1.54) is 11.8 Å². The average molecular weight is 356 g/mol. The molecular formula is C14H14ClN3O4S. The van der Waals surface area contributed by atoms with Crippen LogP contribution in [-0.4, -0.2) is 37.8 Å². The first-order valence-corrected chi connectivity index (χ1v) is 8.95. The number of methoxy groups -OCH3 is 1. The Morgan fingerprint density at radius 3 is 2.91 bits per heavy atom. The normalized spacial score (nSPS) is 15.4. The summed E-state index contributed by atoms with van der Waals surface area (Å²) in [6.45, 7) is -0.137. The van der Waals surface area contributed by atoms with Crippen molar-refractivity contribution in [1.29, 1.82) is 0 Å². The van der Waals surface area contributed by atoms with Crippen LogP contribution in [0, 0.1) is 0 Å². The van der Waals surface area contributed by atoms with Gasteiger partial charge >= 0.3 is 0 Å². The molecule has 1 aromatic carbocycles. The molecule has 0 fully saturated rings. The molecule has 2 aromatic rings. The first-order chi connectivity index (χ1) is 10.9. The van der Waals surface area contributed by atoms with Crippen LogP contribution in [0.2, 0.25) is 5.02 Å². The van der Waals surface area contributed by atoms with Crippen LogP contribution in [0.15, 0.2) is 24.3 Å². The first-order valence-electron chi connectivity index (χ1n) is 6.75. The van der Waals surface area contributed by atoms with Gasteiger partial charge in [0, 0.05) is 17.7 Å². The molecule has 7 nitrogen and oxygen atoms in total. The fourth-order valence-corrected chi connectivity index (χ4v) is 4.14. The lowest BCUT2D eigenvalue weighted by atomic mass is 10.2. The number of nitrogens with zero attached hydrogens (tertiary/aromatic N) is 2. The highest BCUT2D eigenvalue weighted by Gasteiger charge is 2.33. The standard InChI is InChI=1S/C14H14ClN3O4S/c1-22-6-13(19)16-14-11-7-23(20,21)8-12(11)17-18(14)10-4-2-3-9(15)5-10/h2-5H,6-8H2,1H3,(H,16,19). The zero-order valence-electron chi connectivity index (χ0n) is 12.2. The second-order valence-electron chi connectivity index (χ2n) is 5.18. The number of nitrogens with one attached hydrogen (secondary N) is 1. The number of aromatic nitrogens is 2. The molecule has 3 rings (SSSR count). The maximum Gasteiger partial charge on any atom is 0.251 e. The monoisotopic (exact) mass is 355 g/mol. The number of sulfone groups is 1. The summed E-state index contributed by atoms with van der Waals surface area (Å²) in [5, 5.41) is 7.52. The summed E-state index contributed by atoms with van der Waals surface area (Å²) in [5.41, 5.74) is 1.59. The molecule has 122 valence electrons. The van der Waals surface area contributed by atoms with Crippen LogP contribution < -0.4 is 5.32 Å². The number of carbonyl (C=O) groups is 1. The minimum atomic E-state index is -3.22. The fraction of sp³-hybridized carbons (Fsp3) is 0.286. The molecule has 0 aliphatic carbocycles. The van der Waals surface area contributed by atoms with Crippen LogP contribution in [0.5, 0.6) is 0 Å². The summed E-state index contributed by atoms with van der Waals surface area (Å²) in [5.74, 6) is -0.331.